The second-order valence-corrected chi connectivity index (χ2v) is 6.15. The van der Waals surface area contributed by atoms with Gasteiger partial charge in [-0.05, 0) is 32.4 Å². The summed E-state index contributed by atoms with van der Waals surface area (Å²) in [6, 6.07) is 0. The Morgan fingerprint density at radius 1 is 1.42 bits per heavy atom. The van der Waals surface area contributed by atoms with Gasteiger partial charge in [-0.15, -0.1) is 0 Å². The van der Waals surface area contributed by atoms with Crippen LogP contribution < -0.4 is 4.90 Å². The maximum absolute atomic E-state index is 11.0. The average Bonchev–Trinajstić information content (AvgIpc) is 3.05. The molecule has 0 amide bonds. The normalized spacial score (nSPS) is 15.9. The summed E-state index contributed by atoms with van der Waals surface area (Å²) in [4.78, 5) is 21.1. The standard InChI is InChI=1S/C14H23N3OS/c1-3-6-12-13(11-18)19-14(15-12)16(2)9-10-17-7-4-5-8-17/h11H,3-10H2,1-2H3. The topological polar surface area (TPSA) is 36.4 Å². The number of anilines is 1. The van der Waals surface area contributed by atoms with Crippen LogP contribution in [0.4, 0.5) is 5.13 Å². The molecule has 1 fully saturated rings. The molecule has 0 radical (unpaired) electrons. The van der Waals surface area contributed by atoms with E-state index in [1.807, 2.05) is 0 Å². The molecule has 1 aromatic heterocycles. The van der Waals surface area contributed by atoms with Crippen LogP contribution in [0.2, 0.25) is 0 Å². The lowest BCUT2D eigenvalue weighted by molar-refractivity contribution is 0.112. The Bertz CT molecular complexity index is 413. The van der Waals surface area contributed by atoms with Gasteiger partial charge >= 0.3 is 0 Å². The minimum atomic E-state index is 0.796. The van der Waals surface area contributed by atoms with Crippen molar-refractivity contribution >= 4 is 22.8 Å². The van der Waals surface area contributed by atoms with Gasteiger partial charge in [-0.2, -0.15) is 0 Å². The highest BCUT2D eigenvalue weighted by molar-refractivity contribution is 7.17. The molecule has 1 aliphatic rings. The smallest absolute Gasteiger partial charge is 0.185 e. The molecule has 0 saturated carbocycles. The summed E-state index contributed by atoms with van der Waals surface area (Å²) in [6.45, 7) is 6.65. The molecule has 1 aromatic rings. The number of thiazole rings is 1. The number of aryl methyl sites for hydroxylation is 1. The van der Waals surface area contributed by atoms with Crippen LogP contribution in [-0.4, -0.2) is 49.4 Å². The van der Waals surface area contributed by atoms with E-state index in [0.29, 0.717) is 0 Å². The predicted octanol–water partition coefficient (Wildman–Crippen LogP) is 2.44. The van der Waals surface area contributed by atoms with E-state index in [0.717, 1.165) is 47.9 Å². The van der Waals surface area contributed by atoms with E-state index < -0.39 is 0 Å². The lowest BCUT2D eigenvalue weighted by atomic mass is 10.2. The molecule has 1 aliphatic heterocycles. The van der Waals surface area contributed by atoms with Crippen LogP contribution in [0.1, 0.15) is 41.6 Å². The zero-order valence-electron chi connectivity index (χ0n) is 11.9. The van der Waals surface area contributed by atoms with Crippen LogP contribution in [0.3, 0.4) is 0 Å². The second-order valence-electron chi connectivity index (χ2n) is 5.15. The molecule has 0 atom stereocenters. The third-order valence-corrected chi connectivity index (χ3v) is 4.72. The van der Waals surface area contributed by atoms with Crippen molar-refractivity contribution in [1.82, 2.24) is 9.88 Å². The SMILES string of the molecule is CCCc1nc(N(C)CCN2CCCC2)sc1C=O. The van der Waals surface area contributed by atoms with Gasteiger partial charge < -0.3 is 9.80 Å². The Kier molecular flexibility index (Phi) is 5.34. The molecule has 4 nitrogen and oxygen atoms in total. The molecular weight excluding hydrogens is 258 g/mol. The number of hydrogen-bond donors (Lipinski definition) is 0. The summed E-state index contributed by atoms with van der Waals surface area (Å²) in [5, 5.41) is 0.977. The third-order valence-electron chi connectivity index (χ3n) is 3.59. The first kappa shape index (κ1) is 14.5. The van der Waals surface area contributed by atoms with Gasteiger partial charge in [0.05, 0.1) is 10.6 Å². The molecule has 1 saturated heterocycles. The molecule has 2 rings (SSSR count). The molecule has 2 heterocycles. The highest BCUT2D eigenvalue weighted by Gasteiger charge is 2.15. The van der Waals surface area contributed by atoms with Gasteiger partial charge in [0.25, 0.3) is 0 Å². The molecule has 19 heavy (non-hydrogen) atoms. The number of carbonyl (C=O) groups excluding carboxylic acids is 1. The van der Waals surface area contributed by atoms with Crippen molar-refractivity contribution in [2.45, 2.75) is 32.6 Å². The Morgan fingerprint density at radius 2 is 2.16 bits per heavy atom. The number of aromatic nitrogens is 1. The summed E-state index contributed by atoms with van der Waals surface area (Å²) < 4.78 is 0. The lowest BCUT2D eigenvalue weighted by Crippen LogP contribution is -2.31. The van der Waals surface area contributed by atoms with Crippen molar-refractivity contribution in [3.63, 3.8) is 0 Å². The molecular formula is C14H23N3OS. The van der Waals surface area contributed by atoms with Crippen molar-refractivity contribution in [2.24, 2.45) is 0 Å². The Labute approximate surface area is 119 Å². The first-order valence-corrected chi connectivity index (χ1v) is 7.94. The monoisotopic (exact) mass is 281 g/mol. The van der Waals surface area contributed by atoms with Gasteiger partial charge in [0, 0.05) is 20.1 Å². The van der Waals surface area contributed by atoms with Gasteiger partial charge in [-0.25, -0.2) is 4.98 Å². The zero-order valence-corrected chi connectivity index (χ0v) is 12.7. The van der Waals surface area contributed by atoms with E-state index in [1.54, 1.807) is 0 Å². The van der Waals surface area contributed by atoms with Crippen molar-refractivity contribution in [1.29, 1.82) is 0 Å². The van der Waals surface area contributed by atoms with E-state index in [9.17, 15) is 4.79 Å². The van der Waals surface area contributed by atoms with Crippen LogP contribution in [-0.2, 0) is 6.42 Å². The summed E-state index contributed by atoms with van der Waals surface area (Å²) in [7, 11) is 2.07. The van der Waals surface area contributed by atoms with Crippen LogP contribution >= 0.6 is 11.3 Å². The number of carbonyl (C=O) groups is 1. The Hall–Kier alpha value is -0.940. The Morgan fingerprint density at radius 3 is 2.79 bits per heavy atom. The average molecular weight is 281 g/mol. The van der Waals surface area contributed by atoms with E-state index in [4.69, 9.17) is 0 Å². The fourth-order valence-electron chi connectivity index (χ4n) is 2.42. The Balaban J connectivity index is 1.93. The second kappa shape index (κ2) is 7.01. The van der Waals surface area contributed by atoms with Gasteiger partial charge in [0.15, 0.2) is 11.4 Å². The largest absolute Gasteiger partial charge is 0.350 e. The first-order chi connectivity index (χ1) is 9.24. The quantitative estimate of drug-likeness (QED) is 0.719. The van der Waals surface area contributed by atoms with Crippen molar-refractivity contribution in [3.05, 3.63) is 10.6 Å². The number of nitrogens with zero attached hydrogens (tertiary/aromatic N) is 3. The van der Waals surface area contributed by atoms with E-state index in [-0.39, 0.29) is 0 Å². The van der Waals surface area contributed by atoms with Gasteiger partial charge in [0.1, 0.15) is 0 Å². The molecule has 0 N–H and O–H groups in total. The predicted molar refractivity (Wildman–Crippen MR) is 80.4 cm³/mol. The van der Waals surface area contributed by atoms with Gasteiger partial charge in [0.2, 0.25) is 0 Å². The summed E-state index contributed by atoms with van der Waals surface area (Å²) in [6.07, 6.45) is 5.53. The molecule has 0 spiro atoms. The van der Waals surface area contributed by atoms with Crippen LogP contribution in [0.5, 0.6) is 0 Å². The van der Waals surface area contributed by atoms with Crippen LogP contribution in [0, 0.1) is 0 Å². The minimum Gasteiger partial charge on any atom is -0.350 e. The first-order valence-electron chi connectivity index (χ1n) is 7.13. The zero-order chi connectivity index (χ0) is 13.7. The highest BCUT2D eigenvalue weighted by atomic mass is 32.1. The minimum absolute atomic E-state index is 0.796. The maximum Gasteiger partial charge on any atom is 0.185 e. The molecule has 106 valence electrons. The fraction of sp³-hybridized carbons (Fsp3) is 0.714. The third kappa shape index (κ3) is 3.76. The molecule has 0 aromatic carbocycles. The van der Waals surface area contributed by atoms with E-state index >= 15 is 0 Å². The summed E-state index contributed by atoms with van der Waals surface area (Å²) in [5.41, 5.74) is 0.963. The van der Waals surface area contributed by atoms with Gasteiger partial charge in [-0.3, -0.25) is 4.79 Å². The summed E-state index contributed by atoms with van der Waals surface area (Å²) in [5.74, 6) is 0. The number of likely N-dealkylation sites (tertiary alicyclic amines) is 1. The van der Waals surface area contributed by atoms with Crippen molar-refractivity contribution in [2.75, 3.05) is 38.1 Å². The van der Waals surface area contributed by atoms with E-state index in [2.05, 4.69) is 28.8 Å². The fourth-order valence-corrected chi connectivity index (χ4v) is 3.33. The lowest BCUT2D eigenvalue weighted by Gasteiger charge is -2.20. The number of likely N-dealkylation sites (N-methyl/N-ethyl adjacent to an activating group) is 1. The van der Waals surface area contributed by atoms with Crippen LogP contribution in [0.25, 0.3) is 0 Å². The van der Waals surface area contributed by atoms with E-state index in [1.165, 1.54) is 37.3 Å². The van der Waals surface area contributed by atoms with Crippen molar-refractivity contribution < 1.29 is 4.79 Å². The molecule has 0 bridgehead atoms. The number of aldehydes is 1. The van der Waals surface area contributed by atoms with Crippen molar-refractivity contribution in [3.8, 4) is 0 Å². The molecule has 5 heteroatoms. The summed E-state index contributed by atoms with van der Waals surface area (Å²) >= 11 is 1.52. The van der Waals surface area contributed by atoms with Gasteiger partial charge in [-0.1, -0.05) is 24.7 Å². The highest BCUT2D eigenvalue weighted by Crippen LogP contribution is 2.25. The van der Waals surface area contributed by atoms with Crippen LogP contribution in [0.15, 0.2) is 0 Å². The number of hydrogen-bond acceptors (Lipinski definition) is 5. The molecule has 0 unspecified atom stereocenters. The maximum atomic E-state index is 11.0. The molecule has 0 aliphatic carbocycles. The number of rotatable bonds is 7.